The standard InChI is InChI=1S/C14H18N2/c1-12-5-4-7-14(11-12)16-10-3-2-6-13(16)8-9-15/h4-5,7,11,13H,2-3,6,8,10H2,1H3. The Morgan fingerprint density at radius 3 is 3.06 bits per heavy atom. The second-order valence-electron chi connectivity index (χ2n) is 4.54. The lowest BCUT2D eigenvalue weighted by Crippen LogP contribution is -2.39. The Labute approximate surface area is 97.5 Å². The van der Waals surface area contributed by atoms with E-state index in [1.165, 1.54) is 24.1 Å². The highest BCUT2D eigenvalue weighted by molar-refractivity contribution is 5.49. The molecule has 2 rings (SSSR count). The lowest BCUT2D eigenvalue weighted by atomic mass is 9.98. The smallest absolute Gasteiger partial charge is 0.0643 e. The maximum Gasteiger partial charge on any atom is 0.0643 e. The highest BCUT2D eigenvalue weighted by Crippen LogP contribution is 2.26. The molecular formula is C14H18N2. The van der Waals surface area contributed by atoms with Crippen molar-refractivity contribution < 1.29 is 0 Å². The first-order valence-corrected chi connectivity index (χ1v) is 6.01. The average molecular weight is 214 g/mol. The third kappa shape index (κ3) is 2.36. The van der Waals surface area contributed by atoms with Crippen LogP contribution < -0.4 is 4.90 Å². The lowest BCUT2D eigenvalue weighted by molar-refractivity contribution is 0.464. The second kappa shape index (κ2) is 5.03. The Morgan fingerprint density at radius 2 is 2.31 bits per heavy atom. The maximum absolute atomic E-state index is 8.86. The number of nitriles is 1. The molecule has 2 nitrogen and oxygen atoms in total. The quantitative estimate of drug-likeness (QED) is 0.755. The van der Waals surface area contributed by atoms with Crippen LogP contribution in [0.15, 0.2) is 24.3 Å². The molecule has 0 saturated carbocycles. The molecule has 1 saturated heterocycles. The summed E-state index contributed by atoms with van der Waals surface area (Å²) in [4.78, 5) is 2.40. The van der Waals surface area contributed by atoms with Crippen molar-refractivity contribution in [3.63, 3.8) is 0 Å². The van der Waals surface area contributed by atoms with Gasteiger partial charge in [0.25, 0.3) is 0 Å². The molecule has 1 aliphatic rings. The summed E-state index contributed by atoms with van der Waals surface area (Å²) in [5.41, 5.74) is 2.57. The van der Waals surface area contributed by atoms with E-state index in [1.807, 2.05) is 0 Å². The molecule has 0 aliphatic carbocycles. The van der Waals surface area contributed by atoms with Crippen LogP contribution in [0.3, 0.4) is 0 Å². The number of hydrogen-bond donors (Lipinski definition) is 0. The molecule has 1 fully saturated rings. The fourth-order valence-electron chi connectivity index (χ4n) is 2.46. The van der Waals surface area contributed by atoms with E-state index in [2.05, 4.69) is 42.2 Å². The summed E-state index contributed by atoms with van der Waals surface area (Å²) < 4.78 is 0. The van der Waals surface area contributed by atoms with E-state index in [1.54, 1.807) is 0 Å². The Kier molecular flexibility index (Phi) is 3.46. The molecule has 0 amide bonds. The van der Waals surface area contributed by atoms with Crippen LogP contribution in [0.2, 0.25) is 0 Å². The minimum atomic E-state index is 0.417. The van der Waals surface area contributed by atoms with Gasteiger partial charge < -0.3 is 4.90 Å². The molecule has 0 radical (unpaired) electrons. The molecule has 0 spiro atoms. The molecule has 1 aromatic rings. The molecule has 16 heavy (non-hydrogen) atoms. The molecule has 1 heterocycles. The van der Waals surface area contributed by atoms with E-state index in [4.69, 9.17) is 5.26 Å². The monoisotopic (exact) mass is 214 g/mol. The number of hydrogen-bond acceptors (Lipinski definition) is 2. The van der Waals surface area contributed by atoms with Gasteiger partial charge >= 0.3 is 0 Å². The van der Waals surface area contributed by atoms with Gasteiger partial charge in [0.2, 0.25) is 0 Å². The first kappa shape index (κ1) is 11.0. The Balaban J connectivity index is 2.20. The summed E-state index contributed by atoms with van der Waals surface area (Å²) in [6.45, 7) is 3.21. The molecule has 0 bridgehead atoms. The van der Waals surface area contributed by atoms with Crippen LogP contribution in [0, 0.1) is 18.3 Å². The second-order valence-corrected chi connectivity index (χ2v) is 4.54. The molecule has 84 valence electrons. The van der Waals surface area contributed by atoms with Gasteiger partial charge in [-0.2, -0.15) is 5.26 Å². The van der Waals surface area contributed by atoms with Gasteiger partial charge in [0.15, 0.2) is 0 Å². The van der Waals surface area contributed by atoms with E-state index in [0.717, 1.165) is 13.0 Å². The van der Waals surface area contributed by atoms with Crippen LogP contribution in [0.5, 0.6) is 0 Å². The molecule has 2 heteroatoms. The van der Waals surface area contributed by atoms with Crippen molar-refractivity contribution >= 4 is 5.69 Å². The van der Waals surface area contributed by atoms with Gasteiger partial charge in [0.05, 0.1) is 12.5 Å². The molecule has 1 aliphatic heterocycles. The van der Waals surface area contributed by atoms with Crippen LogP contribution in [0.1, 0.15) is 31.2 Å². The molecule has 0 N–H and O–H groups in total. The van der Waals surface area contributed by atoms with Gasteiger partial charge in [-0.05, 0) is 43.9 Å². The number of piperidine rings is 1. The molecule has 1 unspecified atom stereocenters. The van der Waals surface area contributed by atoms with Crippen LogP contribution >= 0.6 is 0 Å². The van der Waals surface area contributed by atoms with Gasteiger partial charge in [-0.3, -0.25) is 0 Å². The van der Waals surface area contributed by atoms with Crippen molar-refractivity contribution in [1.29, 1.82) is 5.26 Å². The van der Waals surface area contributed by atoms with Crippen molar-refractivity contribution in [3.8, 4) is 6.07 Å². The largest absolute Gasteiger partial charge is 0.368 e. The Bertz CT molecular complexity index is 392. The number of nitrogens with zero attached hydrogens (tertiary/aromatic N) is 2. The van der Waals surface area contributed by atoms with Crippen molar-refractivity contribution in [2.24, 2.45) is 0 Å². The van der Waals surface area contributed by atoms with E-state index in [-0.39, 0.29) is 0 Å². The molecule has 1 atom stereocenters. The normalized spacial score (nSPS) is 20.5. The number of rotatable bonds is 2. The average Bonchev–Trinajstić information content (AvgIpc) is 2.30. The van der Waals surface area contributed by atoms with Crippen LogP contribution in [0.4, 0.5) is 5.69 Å². The summed E-state index contributed by atoms with van der Waals surface area (Å²) >= 11 is 0. The molecular weight excluding hydrogens is 196 g/mol. The summed E-state index contributed by atoms with van der Waals surface area (Å²) in [5, 5.41) is 8.86. The predicted octanol–water partition coefficient (Wildman–Crippen LogP) is 3.27. The number of benzene rings is 1. The van der Waals surface area contributed by atoms with Gasteiger partial charge in [0, 0.05) is 18.3 Å². The first-order valence-electron chi connectivity index (χ1n) is 6.01. The van der Waals surface area contributed by atoms with Crippen LogP contribution in [0.25, 0.3) is 0 Å². The van der Waals surface area contributed by atoms with Gasteiger partial charge in [-0.15, -0.1) is 0 Å². The van der Waals surface area contributed by atoms with Crippen molar-refractivity contribution in [2.45, 2.75) is 38.6 Å². The topological polar surface area (TPSA) is 27.0 Å². The Hall–Kier alpha value is -1.49. The van der Waals surface area contributed by atoms with Crippen molar-refractivity contribution in [1.82, 2.24) is 0 Å². The third-order valence-corrected chi connectivity index (χ3v) is 3.29. The lowest BCUT2D eigenvalue weighted by Gasteiger charge is -2.36. The number of anilines is 1. The maximum atomic E-state index is 8.86. The first-order chi connectivity index (χ1) is 7.81. The zero-order valence-corrected chi connectivity index (χ0v) is 9.82. The minimum absolute atomic E-state index is 0.417. The van der Waals surface area contributed by atoms with E-state index in [0.29, 0.717) is 12.5 Å². The van der Waals surface area contributed by atoms with Crippen LogP contribution in [-0.2, 0) is 0 Å². The highest BCUT2D eigenvalue weighted by atomic mass is 15.2. The SMILES string of the molecule is Cc1cccc(N2CCCCC2CC#N)c1. The predicted molar refractivity (Wildman–Crippen MR) is 66.4 cm³/mol. The van der Waals surface area contributed by atoms with Crippen LogP contribution in [-0.4, -0.2) is 12.6 Å². The van der Waals surface area contributed by atoms with Gasteiger partial charge in [-0.25, -0.2) is 0 Å². The van der Waals surface area contributed by atoms with Gasteiger partial charge in [0.1, 0.15) is 0 Å². The van der Waals surface area contributed by atoms with Crippen molar-refractivity contribution in [3.05, 3.63) is 29.8 Å². The molecule has 0 aromatic heterocycles. The summed E-state index contributed by atoms with van der Waals surface area (Å²) in [5.74, 6) is 0. The van der Waals surface area contributed by atoms with E-state index < -0.39 is 0 Å². The summed E-state index contributed by atoms with van der Waals surface area (Å²) in [7, 11) is 0. The van der Waals surface area contributed by atoms with Gasteiger partial charge in [-0.1, -0.05) is 12.1 Å². The minimum Gasteiger partial charge on any atom is -0.368 e. The van der Waals surface area contributed by atoms with E-state index in [9.17, 15) is 0 Å². The number of aryl methyl sites for hydroxylation is 1. The molecule has 1 aromatic carbocycles. The fourth-order valence-corrected chi connectivity index (χ4v) is 2.46. The zero-order chi connectivity index (χ0) is 11.4. The van der Waals surface area contributed by atoms with Crippen molar-refractivity contribution in [2.75, 3.05) is 11.4 Å². The summed E-state index contributed by atoms with van der Waals surface area (Å²) in [6.07, 6.45) is 4.31. The Morgan fingerprint density at radius 1 is 1.44 bits per heavy atom. The third-order valence-electron chi connectivity index (χ3n) is 3.29. The highest BCUT2D eigenvalue weighted by Gasteiger charge is 2.22. The summed E-state index contributed by atoms with van der Waals surface area (Å²) in [6, 6.07) is 11.3. The van der Waals surface area contributed by atoms with E-state index >= 15 is 0 Å². The fraction of sp³-hybridized carbons (Fsp3) is 0.500. The zero-order valence-electron chi connectivity index (χ0n) is 9.82.